The first kappa shape index (κ1) is 9.89. The largest absolute Gasteiger partial charge is 0.378 e. The van der Waals surface area contributed by atoms with E-state index in [0.717, 1.165) is 32.7 Å². The zero-order valence-corrected chi connectivity index (χ0v) is 8.29. The predicted octanol–water partition coefficient (Wildman–Crippen LogP) is -1.59. The summed E-state index contributed by atoms with van der Waals surface area (Å²) in [6, 6.07) is -0.123. The molecule has 5 nitrogen and oxygen atoms in total. The predicted molar refractivity (Wildman–Crippen MR) is 52.1 cm³/mol. The van der Waals surface area contributed by atoms with Gasteiger partial charge in [0.25, 0.3) is 0 Å². The number of carbonyl (C=O) groups excluding carboxylic acids is 1. The number of piperazine rings is 1. The number of ether oxygens (including phenoxy) is 1. The number of amides is 1. The molecule has 0 spiro atoms. The van der Waals surface area contributed by atoms with Gasteiger partial charge in [0.2, 0.25) is 5.91 Å². The van der Waals surface area contributed by atoms with Gasteiger partial charge in [0.15, 0.2) is 0 Å². The average Bonchev–Trinajstić information content (AvgIpc) is 2.30. The summed E-state index contributed by atoms with van der Waals surface area (Å²) in [6.45, 7) is 5.45. The van der Waals surface area contributed by atoms with Crippen LogP contribution in [0.2, 0.25) is 0 Å². The zero-order chi connectivity index (χ0) is 9.80. The molecule has 0 saturated carbocycles. The van der Waals surface area contributed by atoms with E-state index in [2.05, 4.69) is 10.6 Å². The van der Waals surface area contributed by atoms with Crippen LogP contribution >= 0.6 is 0 Å². The number of nitrogens with zero attached hydrogens (tertiary/aromatic N) is 1. The Balaban J connectivity index is 1.85. The fraction of sp³-hybridized carbons (Fsp3) is 0.889. The molecule has 2 heterocycles. The fourth-order valence-electron chi connectivity index (χ4n) is 1.83. The molecule has 2 saturated heterocycles. The number of nitrogens with one attached hydrogen (secondary N) is 2. The van der Waals surface area contributed by atoms with Crippen molar-refractivity contribution in [2.75, 3.05) is 45.9 Å². The molecule has 2 rings (SSSR count). The lowest BCUT2D eigenvalue weighted by Crippen LogP contribution is -2.56. The average molecular weight is 199 g/mol. The van der Waals surface area contributed by atoms with Gasteiger partial charge in [0.1, 0.15) is 6.04 Å². The summed E-state index contributed by atoms with van der Waals surface area (Å²) in [6.07, 6.45) is 0. The molecule has 0 aromatic heterocycles. The highest BCUT2D eigenvalue weighted by Gasteiger charge is 2.26. The van der Waals surface area contributed by atoms with E-state index in [1.165, 1.54) is 0 Å². The van der Waals surface area contributed by atoms with E-state index in [1.807, 2.05) is 4.90 Å². The first-order valence-electron chi connectivity index (χ1n) is 5.18. The van der Waals surface area contributed by atoms with E-state index in [1.54, 1.807) is 0 Å². The molecule has 2 fully saturated rings. The summed E-state index contributed by atoms with van der Waals surface area (Å²) in [5.74, 6) is 0.186. The number of hydrogen-bond acceptors (Lipinski definition) is 4. The molecule has 0 aromatic rings. The van der Waals surface area contributed by atoms with E-state index in [9.17, 15) is 4.79 Å². The van der Waals surface area contributed by atoms with Crippen molar-refractivity contribution >= 4 is 5.91 Å². The molecule has 14 heavy (non-hydrogen) atoms. The minimum atomic E-state index is -0.123. The Kier molecular flexibility index (Phi) is 3.34. The van der Waals surface area contributed by atoms with Crippen LogP contribution in [0.1, 0.15) is 0 Å². The van der Waals surface area contributed by atoms with E-state index < -0.39 is 0 Å². The van der Waals surface area contributed by atoms with Crippen molar-refractivity contribution in [3.8, 4) is 0 Å². The number of hydrogen-bond donors (Lipinski definition) is 2. The van der Waals surface area contributed by atoms with Crippen LogP contribution in [0.3, 0.4) is 0 Å². The Bertz CT molecular complexity index is 178. The maximum Gasteiger partial charge on any atom is 0.242 e. The van der Waals surface area contributed by atoms with Gasteiger partial charge in [-0.15, -0.1) is 0 Å². The molecule has 0 aliphatic carbocycles. The van der Waals surface area contributed by atoms with Gasteiger partial charge in [-0.1, -0.05) is 0 Å². The third kappa shape index (κ3) is 2.23. The lowest BCUT2D eigenvalue weighted by atomic mass is 10.2. The van der Waals surface area contributed by atoms with E-state index >= 15 is 0 Å². The summed E-state index contributed by atoms with van der Waals surface area (Å²) in [4.78, 5) is 13.8. The Morgan fingerprint density at radius 3 is 2.71 bits per heavy atom. The Morgan fingerprint density at radius 1 is 1.29 bits per heavy atom. The lowest BCUT2D eigenvalue weighted by molar-refractivity contribution is -0.136. The van der Waals surface area contributed by atoms with Crippen LogP contribution in [0.4, 0.5) is 0 Å². The molecule has 80 valence electrons. The third-order valence-corrected chi connectivity index (χ3v) is 2.65. The summed E-state index contributed by atoms with van der Waals surface area (Å²) >= 11 is 0. The van der Waals surface area contributed by atoms with E-state index in [0.29, 0.717) is 13.2 Å². The second-order valence-electron chi connectivity index (χ2n) is 3.66. The first-order chi connectivity index (χ1) is 6.88. The van der Waals surface area contributed by atoms with Gasteiger partial charge in [-0.2, -0.15) is 0 Å². The van der Waals surface area contributed by atoms with Gasteiger partial charge in [0, 0.05) is 32.7 Å². The SMILES string of the molecule is O=C(C1COCCN1)N1CCNCC1. The van der Waals surface area contributed by atoms with Gasteiger partial charge in [-0.25, -0.2) is 0 Å². The molecule has 0 aromatic carbocycles. The van der Waals surface area contributed by atoms with Gasteiger partial charge in [-0.3, -0.25) is 4.79 Å². The smallest absolute Gasteiger partial charge is 0.242 e. The molecule has 1 unspecified atom stereocenters. The van der Waals surface area contributed by atoms with Crippen molar-refractivity contribution < 1.29 is 9.53 Å². The van der Waals surface area contributed by atoms with Crippen LogP contribution in [0.15, 0.2) is 0 Å². The molecule has 2 aliphatic rings. The Labute approximate surface area is 83.8 Å². The third-order valence-electron chi connectivity index (χ3n) is 2.65. The minimum Gasteiger partial charge on any atom is -0.378 e. The van der Waals surface area contributed by atoms with Crippen LogP contribution in [0, 0.1) is 0 Å². The first-order valence-corrected chi connectivity index (χ1v) is 5.18. The molecule has 0 radical (unpaired) electrons. The number of rotatable bonds is 1. The van der Waals surface area contributed by atoms with Gasteiger partial charge >= 0.3 is 0 Å². The Morgan fingerprint density at radius 2 is 2.07 bits per heavy atom. The normalized spacial score (nSPS) is 28.9. The van der Waals surface area contributed by atoms with Crippen molar-refractivity contribution in [3.05, 3.63) is 0 Å². The quantitative estimate of drug-likeness (QED) is 0.534. The molecule has 1 atom stereocenters. The highest BCUT2D eigenvalue weighted by Crippen LogP contribution is 2.01. The number of morpholine rings is 1. The maximum absolute atomic E-state index is 11.9. The lowest BCUT2D eigenvalue weighted by Gasteiger charge is -2.32. The van der Waals surface area contributed by atoms with Crippen molar-refractivity contribution in [3.63, 3.8) is 0 Å². The summed E-state index contributed by atoms with van der Waals surface area (Å²) in [5.41, 5.74) is 0. The Hall–Kier alpha value is -0.650. The van der Waals surface area contributed by atoms with Crippen molar-refractivity contribution in [2.45, 2.75) is 6.04 Å². The second-order valence-corrected chi connectivity index (χ2v) is 3.66. The van der Waals surface area contributed by atoms with Gasteiger partial charge in [0.05, 0.1) is 13.2 Å². The highest BCUT2D eigenvalue weighted by atomic mass is 16.5. The molecular weight excluding hydrogens is 182 g/mol. The van der Waals surface area contributed by atoms with Crippen LogP contribution in [0.5, 0.6) is 0 Å². The molecule has 2 N–H and O–H groups in total. The monoisotopic (exact) mass is 199 g/mol. The van der Waals surface area contributed by atoms with Gasteiger partial charge < -0.3 is 20.3 Å². The topological polar surface area (TPSA) is 53.6 Å². The van der Waals surface area contributed by atoms with Crippen LogP contribution < -0.4 is 10.6 Å². The molecular formula is C9H17N3O2. The van der Waals surface area contributed by atoms with Crippen molar-refractivity contribution in [1.82, 2.24) is 15.5 Å². The molecule has 1 amide bonds. The molecule has 2 aliphatic heterocycles. The minimum absolute atomic E-state index is 0.123. The number of carbonyl (C=O) groups is 1. The van der Waals surface area contributed by atoms with Crippen molar-refractivity contribution in [1.29, 1.82) is 0 Å². The van der Waals surface area contributed by atoms with Gasteiger partial charge in [-0.05, 0) is 0 Å². The summed E-state index contributed by atoms with van der Waals surface area (Å²) < 4.78 is 5.27. The summed E-state index contributed by atoms with van der Waals surface area (Å²) in [5, 5.41) is 6.41. The van der Waals surface area contributed by atoms with Crippen LogP contribution in [-0.4, -0.2) is 62.8 Å². The standard InChI is InChI=1S/C9H17N3O2/c13-9(8-7-14-6-3-11-8)12-4-1-10-2-5-12/h8,10-11H,1-7H2. The highest BCUT2D eigenvalue weighted by molar-refractivity contribution is 5.82. The van der Waals surface area contributed by atoms with Crippen LogP contribution in [-0.2, 0) is 9.53 Å². The summed E-state index contributed by atoms with van der Waals surface area (Å²) in [7, 11) is 0. The molecule has 5 heteroatoms. The van der Waals surface area contributed by atoms with Crippen molar-refractivity contribution in [2.24, 2.45) is 0 Å². The maximum atomic E-state index is 11.9. The molecule has 0 bridgehead atoms. The van der Waals surface area contributed by atoms with E-state index in [-0.39, 0.29) is 11.9 Å². The zero-order valence-electron chi connectivity index (χ0n) is 8.29. The second kappa shape index (κ2) is 4.72. The van der Waals surface area contributed by atoms with E-state index in [4.69, 9.17) is 4.74 Å². The fourth-order valence-corrected chi connectivity index (χ4v) is 1.83. The van der Waals surface area contributed by atoms with Crippen LogP contribution in [0.25, 0.3) is 0 Å².